The number of pyridine rings is 1. The van der Waals surface area contributed by atoms with E-state index in [4.69, 9.17) is 9.47 Å². The van der Waals surface area contributed by atoms with Gasteiger partial charge in [-0.25, -0.2) is 0 Å². The molecule has 2 aromatic heterocycles. The van der Waals surface area contributed by atoms with E-state index in [9.17, 15) is 4.79 Å². The molecule has 0 spiro atoms. The molecule has 134 valence electrons. The highest BCUT2D eigenvalue weighted by atomic mass is 16.5. The van der Waals surface area contributed by atoms with E-state index < -0.39 is 0 Å². The van der Waals surface area contributed by atoms with Gasteiger partial charge < -0.3 is 14.8 Å². The lowest BCUT2D eigenvalue weighted by Crippen LogP contribution is -2.23. The van der Waals surface area contributed by atoms with Crippen molar-refractivity contribution in [1.29, 1.82) is 0 Å². The second-order valence-electron chi connectivity index (χ2n) is 5.63. The number of ether oxygens (including phenoxy) is 2. The van der Waals surface area contributed by atoms with Crippen molar-refractivity contribution in [3.05, 3.63) is 60.0 Å². The molecule has 0 saturated heterocycles. The molecular formula is C19H20N4O3. The van der Waals surface area contributed by atoms with Gasteiger partial charge in [0, 0.05) is 31.1 Å². The molecule has 7 heteroatoms. The van der Waals surface area contributed by atoms with E-state index in [1.165, 1.54) is 7.11 Å². The van der Waals surface area contributed by atoms with Crippen LogP contribution in [-0.2, 0) is 13.6 Å². The SMILES string of the molecule is COc1ccc(C(=O)NCc2cc(-c3ccncc3)n(C)n2)c(OC)c1. The molecule has 0 aliphatic carbocycles. The first-order valence-corrected chi connectivity index (χ1v) is 8.06. The second kappa shape index (κ2) is 7.69. The van der Waals surface area contributed by atoms with Gasteiger partial charge in [-0.15, -0.1) is 0 Å². The third-order valence-electron chi connectivity index (χ3n) is 3.99. The smallest absolute Gasteiger partial charge is 0.255 e. The molecule has 3 rings (SSSR count). The lowest BCUT2D eigenvalue weighted by atomic mass is 10.1. The van der Waals surface area contributed by atoms with Crippen LogP contribution in [0.3, 0.4) is 0 Å². The summed E-state index contributed by atoms with van der Waals surface area (Å²) < 4.78 is 12.2. The maximum Gasteiger partial charge on any atom is 0.255 e. The van der Waals surface area contributed by atoms with Crippen LogP contribution in [0.15, 0.2) is 48.8 Å². The molecular weight excluding hydrogens is 332 g/mol. The highest BCUT2D eigenvalue weighted by molar-refractivity contribution is 5.97. The normalized spacial score (nSPS) is 10.4. The highest BCUT2D eigenvalue weighted by Crippen LogP contribution is 2.24. The van der Waals surface area contributed by atoms with Gasteiger partial charge in [-0.3, -0.25) is 14.5 Å². The monoisotopic (exact) mass is 352 g/mol. The van der Waals surface area contributed by atoms with Crippen LogP contribution >= 0.6 is 0 Å². The zero-order valence-electron chi connectivity index (χ0n) is 14.9. The van der Waals surface area contributed by atoms with Gasteiger partial charge >= 0.3 is 0 Å². The quantitative estimate of drug-likeness (QED) is 0.737. The number of nitrogens with one attached hydrogen (secondary N) is 1. The van der Waals surface area contributed by atoms with Crippen molar-refractivity contribution in [1.82, 2.24) is 20.1 Å². The molecule has 26 heavy (non-hydrogen) atoms. The zero-order chi connectivity index (χ0) is 18.5. The van der Waals surface area contributed by atoms with Gasteiger partial charge in [0.25, 0.3) is 5.91 Å². The van der Waals surface area contributed by atoms with Crippen LogP contribution < -0.4 is 14.8 Å². The van der Waals surface area contributed by atoms with Gasteiger partial charge in [-0.2, -0.15) is 5.10 Å². The summed E-state index contributed by atoms with van der Waals surface area (Å²) in [6.45, 7) is 0.312. The van der Waals surface area contributed by atoms with Gasteiger partial charge in [0.1, 0.15) is 11.5 Å². The third kappa shape index (κ3) is 3.66. The van der Waals surface area contributed by atoms with Gasteiger partial charge in [0.2, 0.25) is 0 Å². The molecule has 7 nitrogen and oxygen atoms in total. The molecule has 0 aliphatic rings. The number of hydrogen-bond donors (Lipinski definition) is 1. The molecule has 1 amide bonds. The predicted molar refractivity (Wildman–Crippen MR) is 97.2 cm³/mol. The molecule has 0 unspecified atom stereocenters. The Morgan fingerprint density at radius 3 is 2.58 bits per heavy atom. The molecule has 3 aromatic rings. The number of methoxy groups -OCH3 is 2. The number of amides is 1. The Labute approximate surface area is 151 Å². The summed E-state index contributed by atoms with van der Waals surface area (Å²) in [4.78, 5) is 16.5. The number of hydrogen-bond acceptors (Lipinski definition) is 5. The van der Waals surface area contributed by atoms with Gasteiger partial charge in [-0.05, 0) is 30.3 Å². The zero-order valence-corrected chi connectivity index (χ0v) is 14.9. The van der Waals surface area contributed by atoms with E-state index >= 15 is 0 Å². The third-order valence-corrected chi connectivity index (χ3v) is 3.99. The lowest BCUT2D eigenvalue weighted by molar-refractivity contribution is 0.0947. The number of rotatable bonds is 6. The summed E-state index contributed by atoms with van der Waals surface area (Å²) in [7, 11) is 4.95. The van der Waals surface area contributed by atoms with E-state index in [1.54, 1.807) is 42.4 Å². The molecule has 1 aromatic carbocycles. The first-order chi connectivity index (χ1) is 12.6. The summed E-state index contributed by atoms with van der Waals surface area (Å²) >= 11 is 0. The minimum absolute atomic E-state index is 0.236. The largest absolute Gasteiger partial charge is 0.497 e. The van der Waals surface area contributed by atoms with Crippen molar-refractivity contribution in [2.45, 2.75) is 6.54 Å². The van der Waals surface area contributed by atoms with E-state index in [2.05, 4.69) is 15.4 Å². The Morgan fingerprint density at radius 2 is 1.88 bits per heavy atom. The first-order valence-electron chi connectivity index (χ1n) is 8.06. The fourth-order valence-electron chi connectivity index (χ4n) is 2.66. The predicted octanol–water partition coefficient (Wildman–Crippen LogP) is 2.43. The van der Waals surface area contributed by atoms with Crippen molar-refractivity contribution in [2.24, 2.45) is 7.05 Å². The fourth-order valence-corrected chi connectivity index (χ4v) is 2.66. The number of aryl methyl sites for hydroxylation is 1. The fraction of sp³-hybridized carbons (Fsp3) is 0.211. The Bertz CT molecular complexity index is 906. The molecule has 2 heterocycles. The van der Waals surface area contributed by atoms with E-state index in [0.717, 1.165) is 17.0 Å². The van der Waals surface area contributed by atoms with E-state index in [1.807, 2.05) is 25.2 Å². The summed E-state index contributed by atoms with van der Waals surface area (Å²) in [6.07, 6.45) is 3.47. The Balaban J connectivity index is 1.73. The number of benzene rings is 1. The van der Waals surface area contributed by atoms with Crippen LogP contribution in [0.4, 0.5) is 0 Å². The van der Waals surface area contributed by atoms with Crippen LogP contribution in [0.1, 0.15) is 16.1 Å². The summed E-state index contributed by atoms with van der Waals surface area (Å²) in [5, 5.41) is 7.32. The minimum atomic E-state index is -0.236. The van der Waals surface area contributed by atoms with Crippen LogP contribution in [0.2, 0.25) is 0 Å². The Morgan fingerprint density at radius 1 is 1.12 bits per heavy atom. The number of nitrogens with zero attached hydrogens (tertiary/aromatic N) is 3. The molecule has 0 atom stereocenters. The lowest BCUT2D eigenvalue weighted by Gasteiger charge is -2.10. The van der Waals surface area contributed by atoms with Gasteiger partial charge in [0.15, 0.2) is 0 Å². The Kier molecular flexibility index (Phi) is 5.17. The van der Waals surface area contributed by atoms with Crippen molar-refractivity contribution in [2.75, 3.05) is 14.2 Å². The van der Waals surface area contributed by atoms with Crippen molar-refractivity contribution >= 4 is 5.91 Å². The summed E-state index contributed by atoms with van der Waals surface area (Å²) in [5.41, 5.74) is 3.18. The number of carbonyl (C=O) groups is 1. The van der Waals surface area contributed by atoms with Crippen molar-refractivity contribution in [3.8, 4) is 22.8 Å². The van der Waals surface area contributed by atoms with E-state index in [-0.39, 0.29) is 5.91 Å². The summed E-state index contributed by atoms with van der Waals surface area (Å²) in [5.74, 6) is 0.853. The molecule has 0 fully saturated rings. The first kappa shape index (κ1) is 17.5. The molecule has 0 saturated carbocycles. The minimum Gasteiger partial charge on any atom is -0.497 e. The van der Waals surface area contributed by atoms with Crippen LogP contribution in [0.5, 0.6) is 11.5 Å². The molecule has 0 aliphatic heterocycles. The van der Waals surface area contributed by atoms with Crippen molar-refractivity contribution < 1.29 is 14.3 Å². The van der Waals surface area contributed by atoms with Crippen LogP contribution in [0.25, 0.3) is 11.3 Å². The maximum absolute atomic E-state index is 12.5. The molecule has 0 bridgehead atoms. The standard InChI is InChI=1S/C19H20N4O3/c1-23-17(13-6-8-20-9-7-13)10-14(22-23)12-21-19(24)16-5-4-15(25-2)11-18(16)26-3/h4-11H,12H2,1-3H3,(H,21,24). The Hall–Kier alpha value is -3.35. The number of aromatic nitrogens is 3. The summed E-state index contributed by atoms with van der Waals surface area (Å²) in [6, 6.07) is 10.9. The highest BCUT2D eigenvalue weighted by Gasteiger charge is 2.14. The van der Waals surface area contributed by atoms with Crippen molar-refractivity contribution in [3.63, 3.8) is 0 Å². The average molecular weight is 352 g/mol. The second-order valence-corrected chi connectivity index (χ2v) is 5.63. The van der Waals surface area contributed by atoms with Gasteiger partial charge in [0.05, 0.1) is 37.7 Å². The number of carbonyl (C=O) groups excluding carboxylic acids is 1. The molecule has 1 N–H and O–H groups in total. The van der Waals surface area contributed by atoms with Crippen LogP contribution in [0, 0.1) is 0 Å². The molecule has 0 radical (unpaired) electrons. The van der Waals surface area contributed by atoms with Gasteiger partial charge in [-0.1, -0.05) is 0 Å². The topological polar surface area (TPSA) is 78.3 Å². The van der Waals surface area contributed by atoms with E-state index in [0.29, 0.717) is 23.6 Å². The van der Waals surface area contributed by atoms with Crippen LogP contribution in [-0.4, -0.2) is 34.9 Å². The maximum atomic E-state index is 12.5. The average Bonchev–Trinajstić information content (AvgIpc) is 3.06.